The Bertz CT molecular complexity index is 296. The molecule has 1 saturated heterocycles. The van der Waals surface area contributed by atoms with Crippen LogP contribution in [0.25, 0.3) is 0 Å². The molecule has 15 heavy (non-hydrogen) atoms. The summed E-state index contributed by atoms with van der Waals surface area (Å²) in [7, 11) is 0. The molecule has 3 heteroatoms. The lowest BCUT2D eigenvalue weighted by Crippen LogP contribution is -2.67. The van der Waals surface area contributed by atoms with E-state index < -0.39 is 0 Å². The molecular weight excluding hydrogens is 188 g/mol. The van der Waals surface area contributed by atoms with E-state index in [4.69, 9.17) is 5.73 Å². The molecule has 2 N–H and O–H groups in total. The topological polar surface area (TPSA) is 46.3 Å². The van der Waals surface area contributed by atoms with Crippen molar-refractivity contribution in [3.8, 4) is 0 Å². The summed E-state index contributed by atoms with van der Waals surface area (Å²) in [5.41, 5.74) is 6.04. The molecule has 1 amide bonds. The van der Waals surface area contributed by atoms with Gasteiger partial charge in [-0.2, -0.15) is 0 Å². The highest BCUT2D eigenvalue weighted by Crippen LogP contribution is 2.69. The zero-order valence-corrected chi connectivity index (χ0v) is 10.4. The van der Waals surface area contributed by atoms with Crippen molar-refractivity contribution in [2.45, 2.75) is 40.2 Å². The van der Waals surface area contributed by atoms with E-state index in [-0.39, 0.29) is 22.3 Å². The fourth-order valence-electron chi connectivity index (χ4n) is 2.98. The molecule has 0 unspecified atom stereocenters. The van der Waals surface area contributed by atoms with Crippen molar-refractivity contribution in [3.05, 3.63) is 0 Å². The van der Waals surface area contributed by atoms with E-state index in [0.29, 0.717) is 19.0 Å². The van der Waals surface area contributed by atoms with Crippen LogP contribution in [0.3, 0.4) is 0 Å². The van der Waals surface area contributed by atoms with E-state index in [1.54, 1.807) is 0 Å². The monoisotopic (exact) mass is 210 g/mol. The smallest absolute Gasteiger partial charge is 0.226 e. The van der Waals surface area contributed by atoms with Gasteiger partial charge in [0.15, 0.2) is 0 Å². The largest absolute Gasteiger partial charge is 0.339 e. The highest BCUT2D eigenvalue weighted by molar-refractivity contribution is 5.85. The molecule has 0 aromatic rings. The summed E-state index contributed by atoms with van der Waals surface area (Å²) in [6.07, 6.45) is 0. The molecule has 1 heterocycles. The molecule has 1 aliphatic carbocycles. The Hall–Kier alpha value is -0.570. The minimum absolute atomic E-state index is 0.144. The minimum atomic E-state index is -0.154. The minimum Gasteiger partial charge on any atom is -0.339 e. The van der Waals surface area contributed by atoms with Crippen LogP contribution >= 0.6 is 0 Å². The maximum Gasteiger partial charge on any atom is 0.226 e. The summed E-state index contributed by atoms with van der Waals surface area (Å²) in [4.78, 5) is 14.1. The SMILES string of the molecule is CC1(N)CN(C(=O)C2C(C)(C)C2(C)C)C1. The lowest BCUT2D eigenvalue weighted by Gasteiger charge is -2.45. The van der Waals surface area contributed by atoms with Crippen LogP contribution in [0.5, 0.6) is 0 Å². The molecule has 0 radical (unpaired) electrons. The average molecular weight is 210 g/mol. The van der Waals surface area contributed by atoms with Crippen molar-refractivity contribution < 1.29 is 4.79 Å². The van der Waals surface area contributed by atoms with E-state index in [1.807, 2.05) is 11.8 Å². The van der Waals surface area contributed by atoms with Gasteiger partial charge >= 0.3 is 0 Å². The second kappa shape index (κ2) is 2.57. The molecule has 0 bridgehead atoms. The van der Waals surface area contributed by atoms with Gasteiger partial charge < -0.3 is 10.6 Å². The van der Waals surface area contributed by atoms with Gasteiger partial charge in [0, 0.05) is 24.5 Å². The lowest BCUT2D eigenvalue weighted by atomic mass is 9.92. The van der Waals surface area contributed by atoms with Crippen LogP contribution in [-0.2, 0) is 4.79 Å². The van der Waals surface area contributed by atoms with Gasteiger partial charge in [-0.1, -0.05) is 27.7 Å². The Labute approximate surface area is 92.0 Å². The number of likely N-dealkylation sites (tertiary alicyclic amines) is 1. The van der Waals surface area contributed by atoms with Gasteiger partial charge in [-0.15, -0.1) is 0 Å². The van der Waals surface area contributed by atoms with Gasteiger partial charge in [-0.3, -0.25) is 4.79 Å². The second-order valence-electron chi connectivity index (χ2n) is 6.72. The van der Waals surface area contributed by atoms with Crippen LogP contribution < -0.4 is 5.73 Å². The fraction of sp³-hybridized carbons (Fsp3) is 0.917. The van der Waals surface area contributed by atoms with Crippen molar-refractivity contribution in [1.82, 2.24) is 4.90 Å². The van der Waals surface area contributed by atoms with Gasteiger partial charge in [0.25, 0.3) is 0 Å². The first kappa shape index (κ1) is 10.9. The Morgan fingerprint density at radius 2 is 1.53 bits per heavy atom. The van der Waals surface area contributed by atoms with Gasteiger partial charge in [0.05, 0.1) is 0 Å². The summed E-state index contributed by atoms with van der Waals surface area (Å²) >= 11 is 0. The van der Waals surface area contributed by atoms with Crippen molar-refractivity contribution in [3.63, 3.8) is 0 Å². The van der Waals surface area contributed by atoms with Crippen LogP contribution in [-0.4, -0.2) is 29.4 Å². The number of hydrogen-bond acceptors (Lipinski definition) is 2. The number of nitrogens with zero attached hydrogens (tertiary/aromatic N) is 1. The van der Waals surface area contributed by atoms with Gasteiger partial charge in [-0.05, 0) is 17.8 Å². The predicted molar refractivity (Wildman–Crippen MR) is 60.2 cm³/mol. The molecule has 0 aromatic heterocycles. The zero-order valence-electron chi connectivity index (χ0n) is 10.4. The van der Waals surface area contributed by atoms with Crippen LogP contribution in [0.1, 0.15) is 34.6 Å². The Balaban J connectivity index is 2.01. The van der Waals surface area contributed by atoms with Gasteiger partial charge in [0.1, 0.15) is 0 Å². The summed E-state index contributed by atoms with van der Waals surface area (Å²) in [5.74, 6) is 0.481. The molecule has 2 rings (SSSR count). The number of nitrogens with two attached hydrogens (primary N) is 1. The van der Waals surface area contributed by atoms with E-state index >= 15 is 0 Å². The predicted octanol–water partition coefficient (Wildman–Crippen LogP) is 1.23. The van der Waals surface area contributed by atoms with E-state index in [0.717, 1.165) is 0 Å². The average Bonchev–Trinajstić information content (AvgIpc) is 2.37. The number of carbonyl (C=O) groups is 1. The number of hydrogen-bond donors (Lipinski definition) is 1. The second-order valence-corrected chi connectivity index (χ2v) is 6.72. The summed E-state index contributed by atoms with van der Waals surface area (Å²) in [5, 5.41) is 0. The fourth-order valence-corrected chi connectivity index (χ4v) is 2.98. The van der Waals surface area contributed by atoms with Crippen LogP contribution in [0, 0.1) is 16.7 Å². The van der Waals surface area contributed by atoms with Crippen LogP contribution in [0.15, 0.2) is 0 Å². The van der Waals surface area contributed by atoms with E-state index in [2.05, 4.69) is 27.7 Å². The van der Waals surface area contributed by atoms with Crippen molar-refractivity contribution >= 4 is 5.91 Å². The highest BCUT2D eigenvalue weighted by atomic mass is 16.2. The van der Waals surface area contributed by atoms with Gasteiger partial charge in [0.2, 0.25) is 5.91 Å². The molecule has 1 aliphatic heterocycles. The first-order chi connectivity index (χ1) is 6.59. The zero-order chi connectivity index (χ0) is 11.6. The van der Waals surface area contributed by atoms with Crippen molar-refractivity contribution in [2.75, 3.05) is 13.1 Å². The highest BCUT2D eigenvalue weighted by Gasteiger charge is 2.69. The summed E-state index contributed by atoms with van der Waals surface area (Å²) in [6.45, 7) is 12.1. The Morgan fingerprint density at radius 1 is 1.13 bits per heavy atom. The first-order valence-corrected chi connectivity index (χ1v) is 5.67. The third kappa shape index (κ3) is 1.32. The standard InChI is InChI=1S/C12H22N2O/c1-10(2)8(11(10,3)4)9(15)14-6-12(5,13)7-14/h8H,6-7,13H2,1-5H3. The van der Waals surface area contributed by atoms with E-state index in [9.17, 15) is 4.79 Å². The number of rotatable bonds is 1. The third-order valence-electron chi connectivity index (χ3n) is 4.68. The summed E-state index contributed by atoms with van der Waals surface area (Å²) < 4.78 is 0. The van der Waals surface area contributed by atoms with Crippen LogP contribution in [0.2, 0.25) is 0 Å². The summed E-state index contributed by atoms with van der Waals surface area (Å²) in [6, 6.07) is 0. The number of amides is 1. The molecule has 0 aromatic carbocycles. The maximum atomic E-state index is 12.2. The maximum absolute atomic E-state index is 12.2. The van der Waals surface area contributed by atoms with Crippen LogP contribution in [0.4, 0.5) is 0 Å². The molecule has 86 valence electrons. The van der Waals surface area contributed by atoms with Crippen molar-refractivity contribution in [2.24, 2.45) is 22.5 Å². The Kier molecular flexibility index (Phi) is 1.87. The molecule has 0 atom stereocenters. The quantitative estimate of drug-likeness (QED) is 0.707. The molecule has 0 spiro atoms. The van der Waals surface area contributed by atoms with Crippen molar-refractivity contribution in [1.29, 1.82) is 0 Å². The first-order valence-electron chi connectivity index (χ1n) is 5.67. The molecular formula is C12H22N2O. The molecule has 3 nitrogen and oxygen atoms in total. The molecule has 1 saturated carbocycles. The normalized spacial score (nSPS) is 30.9. The molecule has 2 fully saturated rings. The third-order valence-corrected chi connectivity index (χ3v) is 4.68. The van der Waals surface area contributed by atoms with E-state index in [1.165, 1.54) is 0 Å². The molecule has 2 aliphatic rings. The van der Waals surface area contributed by atoms with Gasteiger partial charge in [-0.25, -0.2) is 0 Å². The lowest BCUT2D eigenvalue weighted by molar-refractivity contribution is -0.140. The Morgan fingerprint density at radius 3 is 1.80 bits per heavy atom. The number of carbonyl (C=O) groups excluding carboxylic acids is 1.